The largest absolute Gasteiger partial charge is 0.457 e. The van der Waals surface area contributed by atoms with Gasteiger partial charge in [-0.15, -0.1) is 0 Å². The maximum Gasteiger partial charge on any atom is 0.309 e. The molecule has 6 saturated heterocycles. The monoisotopic (exact) mass is 1220 g/mol. The third kappa shape index (κ3) is 19.8. The summed E-state index contributed by atoms with van der Waals surface area (Å²) in [5.41, 5.74) is 0. The summed E-state index contributed by atoms with van der Waals surface area (Å²) in [6.45, 7) is 15.3. The standard InChI is InChI=1S/C61H106O24/c1-10-13-15-16-18-22-27-31-40(63)80-55-54(85-57-46(69)43(66)41(64)33(5)73-57)51(82-58-47(70)45(68)49(35(7)75-58)81-56(72)32(4)12-3)37(9)77-61(55)83-50-36(8)76-59-48(71)52(50)79-39(62)30-26-23-20-17-19-21-25-29-38(28-24-14-11-2)78-60-53(84-59)44(67)42(65)34(6)74-60/h32-38,41-55,57-61,64-71H,10-31H2,1-9H3/t32-,33+,34-,35+,36+,37+,38-,41+,42-,43-,44+,45+,46+,47+,48+,49+,50-,51+,52-,53-,54-,55+,57-,58-,59-,60+,61-/m1/s1. The molecule has 24 heteroatoms. The van der Waals surface area contributed by atoms with Crippen LogP contribution in [-0.4, -0.2) is 218 Å². The first kappa shape index (κ1) is 71.8. The number of carbonyl (C=O) groups is 3. The highest BCUT2D eigenvalue weighted by Crippen LogP contribution is 2.39. The summed E-state index contributed by atoms with van der Waals surface area (Å²) >= 11 is 0. The highest BCUT2D eigenvalue weighted by molar-refractivity contribution is 5.72. The smallest absolute Gasteiger partial charge is 0.309 e. The molecule has 27 atom stereocenters. The van der Waals surface area contributed by atoms with Gasteiger partial charge in [0.1, 0.15) is 73.2 Å². The molecule has 0 aliphatic carbocycles. The number of hydrogen-bond donors (Lipinski definition) is 8. The molecule has 0 unspecified atom stereocenters. The number of rotatable bonds is 22. The van der Waals surface area contributed by atoms with Crippen LogP contribution in [0.3, 0.4) is 0 Å². The van der Waals surface area contributed by atoms with Crippen LogP contribution in [0.25, 0.3) is 0 Å². The highest BCUT2D eigenvalue weighted by atomic mass is 16.8. The van der Waals surface area contributed by atoms with E-state index >= 15 is 0 Å². The molecule has 6 fully saturated rings. The molecule has 6 aliphatic rings. The van der Waals surface area contributed by atoms with Crippen LogP contribution < -0.4 is 0 Å². The van der Waals surface area contributed by atoms with Gasteiger partial charge in [-0.2, -0.15) is 0 Å². The number of unbranched alkanes of at least 4 members (excludes halogenated alkanes) is 8. The van der Waals surface area contributed by atoms with Crippen molar-refractivity contribution in [2.45, 2.75) is 363 Å². The van der Waals surface area contributed by atoms with Gasteiger partial charge in [0.05, 0.1) is 42.5 Å². The molecule has 6 heterocycles. The quantitative estimate of drug-likeness (QED) is 0.0419. The van der Waals surface area contributed by atoms with Crippen LogP contribution in [-0.2, 0) is 76.0 Å². The maximum atomic E-state index is 14.3. The van der Waals surface area contributed by atoms with Crippen molar-refractivity contribution in [3.8, 4) is 0 Å². The van der Waals surface area contributed by atoms with Crippen LogP contribution in [0.1, 0.15) is 204 Å². The molecule has 494 valence electrons. The molecule has 0 amide bonds. The van der Waals surface area contributed by atoms with Gasteiger partial charge in [-0.1, -0.05) is 124 Å². The van der Waals surface area contributed by atoms with Gasteiger partial charge in [-0.25, -0.2) is 0 Å². The van der Waals surface area contributed by atoms with E-state index in [0.29, 0.717) is 25.7 Å². The Hall–Kier alpha value is -2.31. The van der Waals surface area contributed by atoms with Gasteiger partial charge in [0.2, 0.25) is 0 Å². The molecule has 8 N–H and O–H groups in total. The second-order valence-electron chi connectivity index (χ2n) is 24.6. The van der Waals surface area contributed by atoms with Gasteiger partial charge in [0.25, 0.3) is 0 Å². The van der Waals surface area contributed by atoms with E-state index in [9.17, 15) is 55.2 Å². The van der Waals surface area contributed by atoms with Gasteiger partial charge < -0.3 is 102 Å². The number of esters is 3. The van der Waals surface area contributed by atoms with Gasteiger partial charge >= 0.3 is 17.9 Å². The third-order valence-electron chi connectivity index (χ3n) is 17.7. The average molecular weight is 1220 g/mol. The van der Waals surface area contributed by atoms with Crippen LogP contribution in [0.4, 0.5) is 0 Å². The number of ether oxygens (including phenoxy) is 13. The van der Waals surface area contributed by atoms with Crippen LogP contribution in [0.2, 0.25) is 0 Å². The van der Waals surface area contributed by atoms with Crippen molar-refractivity contribution >= 4 is 17.9 Å². The zero-order chi connectivity index (χ0) is 62.1. The molecular formula is C61H106O24. The molecule has 2 bridgehead atoms. The molecule has 0 spiro atoms. The number of hydrogen-bond acceptors (Lipinski definition) is 24. The fourth-order valence-electron chi connectivity index (χ4n) is 11.9. The van der Waals surface area contributed by atoms with Crippen molar-refractivity contribution in [2.75, 3.05) is 0 Å². The molecule has 6 aliphatic heterocycles. The summed E-state index contributed by atoms with van der Waals surface area (Å²) in [6, 6.07) is 0. The number of aliphatic hydroxyl groups is 8. The highest BCUT2D eigenvalue weighted by Gasteiger charge is 2.58. The first-order valence-electron chi connectivity index (χ1n) is 32.2. The van der Waals surface area contributed by atoms with Crippen molar-refractivity contribution in [3.05, 3.63) is 0 Å². The number of fused-ring (bicyclic) bond motifs is 3. The van der Waals surface area contributed by atoms with E-state index in [1.807, 2.05) is 0 Å². The Bertz CT molecular complexity index is 1950. The molecular weight excluding hydrogens is 1120 g/mol. The van der Waals surface area contributed by atoms with Gasteiger partial charge in [-0.3, -0.25) is 14.4 Å². The fraction of sp³-hybridized carbons (Fsp3) is 0.951. The lowest BCUT2D eigenvalue weighted by Crippen LogP contribution is -2.68. The molecule has 0 radical (unpaired) electrons. The summed E-state index contributed by atoms with van der Waals surface area (Å²) in [7, 11) is 0. The lowest BCUT2D eigenvalue weighted by molar-refractivity contribution is -0.399. The van der Waals surface area contributed by atoms with Crippen LogP contribution in [0, 0.1) is 5.92 Å². The normalized spacial score (nSPS) is 42.3. The summed E-state index contributed by atoms with van der Waals surface area (Å²) in [6.07, 6.45) is -21.5. The Kier molecular flexibility index (Phi) is 29.8. The summed E-state index contributed by atoms with van der Waals surface area (Å²) in [4.78, 5) is 41.2. The Morgan fingerprint density at radius 3 is 1.68 bits per heavy atom. The number of aliphatic hydroxyl groups excluding tert-OH is 8. The van der Waals surface area contributed by atoms with E-state index in [2.05, 4.69) is 13.8 Å². The molecule has 6 rings (SSSR count). The Morgan fingerprint density at radius 2 is 1.00 bits per heavy atom. The molecule has 0 aromatic rings. The van der Waals surface area contributed by atoms with Gasteiger partial charge in [0, 0.05) is 12.8 Å². The summed E-state index contributed by atoms with van der Waals surface area (Å²) in [5.74, 6) is -2.57. The van der Waals surface area contributed by atoms with Crippen LogP contribution >= 0.6 is 0 Å². The molecule has 0 aromatic heterocycles. The van der Waals surface area contributed by atoms with E-state index in [4.69, 9.17) is 61.6 Å². The van der Waals surface area contributed by atoms with E-state index in [1.54, 1.807) is 27.7 Å². The summed E-state index contributed by atoms with van der Waals surface area (Å²) in [5, 5.41) is 91.7. The van der Waals surface area contributed by atoms with Crippen molar-refractivity contribution in [1.82, 2.24) is 0 Å². The van der Waals surface area contributed by atoms with Crippen molar-refractivity contribution in [1.29, 1.82) is 0 Å². The molecule has 24 nitrogen and oxygen atoms in total. The lowest BCUT2D eigenvalue weighted by atomic mass is 9.95. The van der Waals surface area contributed by atoms with Crippen molar-refractivity contribution in [2.24, 2.45) is 5.92 Å². The van der Waals surface area contributed by atoms with E-state index in [0.717, 1.165) is 103 Å². The first-order chi connectivity index (χ1) is 40.6. The zero-order valence-corrected chi connectivity index (χ0v) is 51.8. The van der Waals surface area contributed by atoms with Gasteiger partial charge in [0.15, 0.2) is 49.8 Å². The second-order valence-corrected chi connectivity index (χ2v) is 24.6. The second kappa shape index (κ2) is 35.3. The summed E-state index contributed by atoms with van der Waals surface area (Å²) < 4.78 is 82.3. The maximum absolute atomic E-state index is 14.3. The predicted molar refractivity (Wildman–Crippen MR) is 301 cm³/mol. The predicted octanol–water partition coefficient (Wildman–Crippen LogP) is 4.55. The molecule has 85 heavy (non-hydrogen) atoms. The Labute approximate surface area is 502 Å². The van der Waals surface area contributed by atoms with Crippen LogP contribution in [0.5, 0.6) is 0 Å². The molecule has 0 saturated carbocycles. The SMILES string of the molecule is CCCCCCCCCC(=O)O[C@@H]1[C@@H](O[C@H]2[C@@H]3OC(=O)CCCCCCCCC[C@@H](CCCCC)O[C@@H]4O[C@H](C)[C@@H](O)[C@H](O)[C@H]4O[C@@H](O[C@H]2C)[C@H]3O)O[C@@H](C)[C@H](O[C@H]2O[C@@H](C)[C@H](OC(=O)[C@H](C)CC)[C@@H](O)[C@@H]2O)[C@H]1O[C@H]1O[C@@H](C)[C@H](O)[C@@H](O)[C@@H]1O. The zero-order valence-electron chi connectivity index (χ0n) is 51.8. The fourth-order valence-corrected chi connectivity index (χ4v) is 11.9. The van der Waals surface area contributed by atoms with Crippen molar-refractivity contribution in [3.63, 3.8) is 0 Å². The van der Waals surface area contributed by atoms with E-state index in [-0.39, 0.29) is 18.9 Å². The number of carbonyl (C=O) groups excluding carboxylic acids is 3. The Morgan fingerprint density at radius 1 is 0.471 bits per heavy atom. The minimum absolute atomic E-state index is 0.0256. The van der Waals surface area contributed by atoms with E-state index in [1.165, 1.54) is 20.8 Å². The van der Waals surface area contributed by atoms with Crippen molar-refractivity contribution < 1.29 is 117 Å². The van der Waals surface area contributed by atoms with Crippen LogP contribution in [0.15, 0.2) is 0 Å². The third-order valence-corrected chi connectivity index (χ3v) is 17.7. The minimum Gasteiger partial charge on any atom is -0.457 e. The average Bonchev–Trinajstić information content (AvgIpc) is 1.67. The first-order valence-corrected chi connectivity index (χ1v) is 32.2. The van der Waals surface area contributed by atoms with E-state index < -0.39 is 177 Å². The Balaban J connectivity index is 1.36. The lowest BCUT2D eigenvalue weighted by Gasteiger charge is -2.51. The van der Waals surface area contributed by atoms with Gasteiger partial charge in [-0.05, 0) is 66.7 Å². The minimum atomic E-state index is -1.91. The topological polar surface area (TPSA) is 333 Å². The molecule has 0 aromatic carbocycles.